The molecule has 1 N–H and O–H groups in total. The van der Waals surface area contributed by atoms with Gasteiger partial charge in [-0.15, -0.1) is 10.2 Å². The molecule has 0 aliphatic carbocycles. The van der Waals surface area contributed by atoms with Gasteiger partial charge in [0.15, 0.2) is 10.1 Å². The van der Waals surface area contributed by atoms with Crippen molar-refractivity contribution in [1.82, 2.24) is 14.8 Å². The lowest BCUT2D eigenvalue weighted by Gasteiger charge is -2.07. The summed E-state index contributed by atoms with van der Waals surface area (Å²) in [6.07, 6.45) is 3.29. The second kappa shape index (κ2) is 8.71. The molecule has 4 aromatic heterocycles. The summed E-state index contributed by atoms with van der Waals surface area (Å²) in [7, 11) is 0. The predicted molar refractivity (Wildman–Crippen MR) is 113 cm³/mol. The summed E-state index contributed by atoms with van der Waals surface area (Å²) in [4.78, 5) is 12.8. The van der Waals surface area contributed by atoms with Crippen LogP contribution in [-0.4, -0.2) is 26.3 Å². The largest absolute Gasteiger partial charge is 0.467 e. The van der Waals surface area contributed by atoms with Crippen LogP contribution in [0.5, 0.6) is 0 Å². The van der Waals surface area contributed by atoms with E-state index < -0.39 is 0 Å². The van der Waals surface area contributed by atoms with Gasteiger partial charge in [-0.3, -0.25) is 4.79 Å². The fourth-order valence-corrected chi connectivity index (χ4v) is 4.64. The zero-order chi connectivity index (χ0) is 20.2. The normalized spacial score (nSPS) is 11.1. The molecular weight excluding hydrogens is 408 g/mol. The Morgan fingerprint density at radius 3 is 2.66 bits per heavy atom. The third kappa shape index (κ3) is 4.63. The summed E-state index contributed by atoms with van der Waals surface area (Å²) in [6, 6.07) is 9.48. The number of rotatable bonds is 9. The maximum absolute atomic E-state index is 12.8. The molecule has 0 aliphatic rings. The van der Waals surface area contributed by atoms with Crippen LogP contribution in [0.15, 0.2) is 56.0 Å². The molecule has 0 atom stereocenters. The number of aromatic nitrogens is 3. The molecule has 9 heteroatoms. The van der Waals surface area contributed by atoms with Crippen LogP contribution in [-0.2, 0) is 13.1 Å². The van der Waals surface area contributed by atoms with Crippen molar-refractivity contribution < 1.29 is 13.6 Å². The molecule has 0 aliphatic heterocycles. The lowest BCUT2D eigenvalue weighted by molar-refractivity contribution is 0.102. The smallest absolute Gasteiger partial charge is 0.206 e. The molecule has 4 rings (SSSR count). The molecule has 4 heterocycles. The zero-order valence-corrected chi connectivity index (χ0v) is 17.7. The van der Waals surface area contributed by atoms with Crippen LogP contribution in [0.2, 0.25) is 0 Å². The molecule has 0 bridgehead atoms. The second-order valence-electron chi connectivity index (χ2n) is 6.47. The number of furan rings is 2. The molecular formula is C20H20N4O3S2. The van der Waals surface area contributed by atoms with Gasteiger partial charge in [0.1, 0.15) is 11.5 Å². The molecule has 0 saturated heterocycles. The number of anilines is 1. The van der Waals surface area contributed by atoms with Crippen LogP contribution in [0.25, 0.3) is 0 Å². The summed E-state index contributed by atoms with van der Waals surface area (Å²) in [5.41, 5.74) is 2.72. The average Bonchev–Trinajstić information content (AvgIpc) is 3.50. The summed E-state index contributed by atoms with van der Waals surface area (Å²) < 4.78 is 13.6. The first-order chi connectivity index (χ1) is 14.1. The predicted octanol–water partition coefficient (Wildman–Crippen LogP) is 4.78. The fraction of sp³-hybridized carbons (Fsp3) is 0.250. The van der Waals surface area contributed by atoms with Gasteiger partial charge in [-0.05, 0) is 44.2 Å². The maximum Gasteiger partial charge on any atom is 0.206 e. The van der Waals surface area contributed by atoms with Gasteiger partial charge >= 0.3 is 0 Å². The molecule has 0 fully saturated rings. The van der Waals surface area contributed by atoms with E-state index in [9.17, 15) is 4.79 Å². The molecule has 150 valence electrons. The van der Waals surface area contributed by atoms with Gasteiger partial charge in [0.05, 0.1) is 31.4 Å². The average molecular weight is 429 g/mol. The summed E-state index contributed by atoms with van der Waals surface area (Å²) in [6.45, 7) is 5.14. The Morgan fingerprint density at radius 1 is 1.17 bits per heavy atom. The number of hydrogen-bond donors (Lipinski definition) is 1. The SMILES string of the molecule is Cc1cc(C(=O)CSc2nnc(NCc3ccco3)s2)c(C)n1Cc1ccco1. The maximum atomic E-state index is 12.8. The van der Waals surface area contributed by atoms with Gasteiger partial charge in [-0.2, -0.15) is 0 Å². The Bertz CT molecular complexity index is 1080. The second-order valence-corrected chi connectivity index (χ2v) is 8.67. The Labute approximate surface area is 176 Å². The molecule has 0 saturated carbocycles. The minimum Gasteiger partial charge on any atom is -0.467 e. The highest BCUT2D eigenvalue weighted by molar-refractivity contribution is 8.01. The first-order valence-corrected chi connectivity index (χ1v) is 10.8. The number of hydrogen-bond acceptors (Lipinski definition) is 8. The standard InChI is InChI=1S/C20H20N4O3S2/c1-13-9-17(14(2)24(13)11-16-6-4-8-27-16)18(25)12-28-20-23-22-19(29-20)21-10-15-5-3-7-26-15/h3-9H,10-12H2,1-2H3,(H,21,22). The van der Waals surface area contributed by atoms with Gasteiger partial charge < -0.3 is 18.7 Å². The number of thioether (sulfide) groups is 1. The Balaban J connectivity index is 1.35. The van der Waals surface area contributed by atoms with Crippen molar-refractivity contribution in [1.29, 1.82) is 0 Å². The van der Waals surface area contributed by atoms with E-state index in [0.29, 0.717) is 24.0 Å². The minimum atomic E-state index is 0.0779. The first kappa shape index (κ1) is 19.5. The molecule has 4 aromatic rings. The van der Waals surface area contributed by atoms with Gasteiger partial charge in [-0.25, -0.2) is 0 Å². The minimum absolute atomic E-state index is 0.0779. The third-order valence-electron chi connectivity index (χ3n) is 4.50. The number of ketones is 1. The van der Waals surface area contributed by atoms with Crippen LogP contribution in [0.4, 0.5) is 5.13 Å². The van der Waals surface area contributed by atoms with Crippen LogP contribution < -0.4 is 5.32 Å². The monoisotopic (exact) mass is 428 g/mol. The van der Waals surface area contributed by atoms with Crippen LogP contribution >= 0.6 is 23.1 Å². The van der Waals surface area contributed by atoms with Crippen LogP contribution in [0.3, 0.4) is 0 Å². The van der Waals surface area contributed by atoms with E-state index in [-0.39, 0.29) is 5.78 Å². The van der Waals surface area contributed by atoms with Gasteiger partial charge in [0, 0.05) is 17.0 Å². The highest BCUT2D eigenvalue weighted by atomic mass is 32.2. The third-order valence-corrected chi connectivity index (χ3v) is 6.51. The lowest BCUT2D eigenvalue weighted by atomic mass is 10.2. The van der Waals surface area contributed by atoms with E-state index in [1.165, 1.54) is 23.1 Å². The van der Waals surface area contributed by atoms with E-state index >= 15 is 0 Å². The van der Waals surface area contributed by atoms with Crippen molar-refractivity contribution in [3.05, 3.63) is 71.3 Å². The number of Topliss-reactive ketones (excluding diaryl/α,β-unsaturated/α-hetero) is 1. The Hall–Kier alpha value is -2.78. The van der Waals surface area contributed by atoms with Crippen LogP contribution in [0.1, 0.15) is 33.3 Å². The molecule has 0 spiro atoms. The first-order valence-electron chi connectivity index (χ1n) is 9.05. The fourth-order valence-electron chi connectivity index (χ4n) is 3.01. The van der Waals surface area contributed by atoms with Crippen molar-refractivity contribution in [2.45, 2.75) is 31.3 Å². The highest BCUT2D eigenvalue weighted by Crippen LogP contribution is 2.27. The Kier molecular flexibility index (Phi) is 5.86. The van der Waals surface area contributed by atoms with Crippen molar-refractivity contribution >= 4 is 34.0 Å². The summed E-state index contributed by atoms with van der Waals surface area (Å²) >= 11 is 2.83. The van der Waals surface area contributed by atoms with E-state index in [1.807, 2.05) is 44.2 Å². The topological polar surface area (TPSA) is 86.1 Å². The molecule has 29 heavy (non-hydrogen) atoms. The summed E-state index contributed by atoms with van der Waals surface area (Å²) in [5, 5.41) is 12.1. The quantitative estimate of drug-likeness (QED) is 0.303. The van der Waals surface area contributed by atoms with E-state index in [4.69, 9.17) is 8.83 Å². The summed E-state index contributed by atoms with van der Waals surface area (Å²) in [5.74, 6) is 2.09. The number of nitrogens with one attached hydrogen (secondary N) is 1. The van der Waals surface area contributed by atoms with Gasteiger partial charge in [0.2, 0.25) is 5.13 Å². The number of nitrogens with zero attached hydrogens (tertiary/aromatic N) is 3. The molecule has 0 amide bonds. The molecule has 0 unspecified atom stereocenters. The van der Waals surface area contributed by atoms with Crippen molar-refractivity contribution in [3.8, 4) is 0 Å². The number of carbonyl (C=O) groups excluding carboxylic acids is 1. The van der Waals surface area contributed by atoms with Gasteiger partial charge in [0.25, 0.3) is 0 Å². The van der Waals surface area contributed by atoms with Gasteiger partial charge in [-0.1, -0.05) is 23.1 Å². The van der Waals surface area contributed by atoms with Crippen molar-refractivity contribution in [3.63, 3.8) is 0 Å². The van der Waals surface area contributed by atoms with Crippen molar-refractivity contribution in [2.75, 3.05) is 11.1 Å². The molecule has 0 radical (unpaired) electrons. The number of aryl methyl sites for hydroxylation is 1. The lowest BCUT2D eigenvalue weighted by Crippen LogP contribution is -2.07. The van der Waals surface area contributed by atoms with Crippen LogP contribution in [0, 0.1) is 13.8 Å². The van der Waals surface area contributed by atoms with E-state index in [2.05, 4.69) is 20.1 Å². The van der Waals surface area contributed by atoms with E-state index in [1.54, 1.807) is 12.5 Å². The highest BCUT2D eigenvalue weighted by Gasteiger charge is 2.17. The zero-order valence-electron chi connectivity index (χ0n) is 16.0. The molecule has 7 nitrogen and oxygen atoms in total. The number of carbonyl (C=O) groups is 1. The van der Waals surface area contributed by atoms with E-state index in [0.717, 1.165) is 32.8 Å². The molecule has 0 aromatic carbocycles. The Morgan fingerprint density at radius 2 is 1.93 bits per heavy atom. The van der Waals surface area contributed by atoms with Crippen molar-refractivity contribution in [2.24, 2.45) is 0 Å².